The molecule has 32 heavy (non-hydrogen) atoms. The van der Waals surface area contributed by atoms with E-state index in [1.165, 1.54) is 12.6 Å². The molecule has 1 aromatic heterocycles. The molecule has 8 nitrogen and oxygen atoms in total. The minimum absolute atomic E-state index is 0.296. The summed E-state index contributed by atoms with van der Waals surface area (Å²) in [6.45, 7) is 10.6. The van der Waals surface area contributed by atoms with Crippen molar-refractivity contribution >= 4 is 11.7 Å². The normalized spacial score (nSPS) is 10.7. The van der Waals surface area contributed by atoms with E-state index in [0.717, 1.165) is 50.9 Å². The van der Waals surface area contributed by atoms with E-state index in [9.17, 15) is 4.79 Å². The Hall–Kier alpha value is -3.68. The van der Waals surface area contributed by atoms with Crippen molar-refractivity contribution in [1.82, 2.24) is 14.8 Å². The Balaban J connectivity index is 1.81. The van der Waals surface area contributed by atoms with Gasteiger partial charge in [-0.15, -0.1) is 0 Å². The molecule has 0 fully saturated rings. The number of benzene rings is 2. The Morgan fingerprint density at radius 1 is 1.16 bits per heavy atom. The first-order chi connectivity index (χ1) is 15.3. The van der Waals surface area contributed by atoms with E-state index >= 15 is 0 Å². The summed E-state index contributed by atoms with van der Waals surface area (Å²) in [6, 6.07) is 11.2. The van der Waals surface area contributed by atoms with Crippen LogP contribution < -0.4 is 10.1 Å². The van der Waals surface area contributed by atoms with Crippen molar-refractivity contribution in [2.75, 3.05) is 12.4 Å². The van der Waals surface area contributed by atoms with Crippen molar-refractivity contribution in [2.24, 2.45) is 5.22 Å². The van der Waals surface area contributed by atoms with Crippen molar-refractivity contribution in [3.63, 3.8) is 0 Å². The minimum Gasteiger partial charge on any atom is -0.489 e. The van der Waals surface area contributed by atoms with Gasteiger partial charge in [-0.3, -0.25) is 0 Å². The highest BCUT2D eigenvalue weighted by molar-refractivity contribution is 5.89. The number of ether oxygens (including phenoxy) is 1. The fraction of sp³-hybridized carbons (Fsp3) is 0.333. The second kappa shape index (κ2) is 9.64. The van der Waals surface area contributed by atoms with Crippen LogP contribution in [-0.2, 0) is 13.0 Å². The van der Waals surface area contributed by atoms with Crippen LogP contribution in [0.1, 0.15) is 40.6 Å². The lowest BCUT2D eigenvalue weighted by molar-refractivity contribution is 0.220. The fourth-order valence-electron chi connectivity index (χ4n) is 3.77. The van der Waals surface area contributed by atoms with Gasteiger partial charge < -0.3 is 10.1 Å². The fourth-order valence-corrected chi connectivity index (χ4v) is 3.77. The van der Waals surface area contributed by atoms with Crippen LogP contribution in [0.2, 0.25) is 0 Å². The van der Waals surface area contributed by atoms with Gasteiger partial charge in [-0.25, -0.2) is 9.48 Å². The number of nitrogens with one attached hydrogen (secondary N) is 2. The molecule has 2 aromatic carbocycles. The van der Waals surface area contributed by atoms with Crippen molar-refractivity contribution < 1.29 is 9.53 Å². The molecular weight excluding hydrogens is 404 g/mol. The van der Waals surface area contributed by atoms with Crippen molar-refractivity contribution in [2.45, 2.75) is 47.6 Å². The Kier molecular flexibility index (Phi) is 6.92. The van der Waals surface area contributed by atoms with Crippen molar-refractivity contribution in [1.29, 1.82) is 5.53 Å². The van der Waals surface area contributed by atoms with Crippen LogP contribution in [0.4, 0.5) is 10.5 Å². The van der Waals surface area contributed by atoms with E-state index in [1.54, 1.807) is 0 Å². The van der Waals surface area contributed by atoms with Gasteiger partial charge in [-0.2, -0.15) is 15.6 Å². The molecule has 0 bridgehead atoms. The van der Waals surface area contributed by atoms with Crippen LogP contribution in [0.15, 0.2) is 41.6 Å². The topological polar surface area (TPSA) is 95.6 Å². The first-order valence-electron chi connectivity index (χ1n) is 10.6. The molecule has 0 saturated heterocycles. The zero-order valence-corrected chi connectivity index (χ0v) is 19.5. The molecule has 2 amide bonds. The van der Waals surface area contributed by atoms with Crippen LogP contribution in [0.3, 0.4) is 0 Å². The second-order valence-corrected chi connectivity index (χ2v) is 7.81. The van der Waals surface area contributed by atoms with Gasteiger partial charge in [0.2, 0.25) is 0 Å². The number of rotatable bonds is 7. The summed E-state index contributed by atoms with van der Waals surface area (Å²) in [7, 11) is 1.42. The highest BCUT2D eigenvalue weighted by Crippen LogP contribution is 2.27. The van der Waals surface area contributed by atoms with Crippen molar-refractivity contribution in [3.8, 4) is 11.4 Å². The first kappa shape index (κ1) is 23.0. The molecule has 2 N–H and O–H groups in total. The van der Waals surface area contributed by atoms with Crippen molar-refractivity contribution in [3.05, 3.63) is 70.0 Å². The predicted octanol–water partition coefficient (Wildman–Crippen LogP) is 5.66. The lowest BCUT2D eigenvalue weighted by atomic mass is 10.1. The number of nitrogens with zero attached hydrogens (tertiary/aromatic N) is 4. The average Bonchev–Trinajstić information content (AvgIpc) is 3.06. The maximum Gasteiger partial charge on any atom is 0.343 e. The SMILES string of the molecule is CCc1c(C)nn(-c2ccc(OCc3c(C)cccc3NC(=O)N(C)N=N)c(C)c2)c1C. The number of aryl methyl sites for hydroxylation is 3. The minimum atomic E-state index is -0.483. The quantitative estimate of drug-likeness (QED) is 0.371. The number of carbonyl (C=O) groups is 1. The number of hydrogen-bond acceptors (Lipinski definition) is 5. The van der Waals surface area contributed by atoms with E-state index < -0.39 is 6.03 Å². The van der Waals surface area contributed by atoms with E-state index in [1.807, 2.05) is 55.8 Å². The zero-order valence-electron chi connectivity index (χ0n) is 19.5. The zero-order chi connectivity index (χ0) is 23.4. The van der Waals surface area contributed by atoms with Crippen LogP contribution >= 0.6 is 0 Å². The first-order valence-corrected chi connectivity index (χ1v) is 10.6. The standard InChI is InChI=1S/C24H30N6O2/c1-7-20-17(4)27-30(18(20)5)19-11-12-23(16(3)13-19)32-14-21-15(2)9-8-10-22(21)26-24(31)29(6)28-25/h8-13,25H,7,14H2,1-6H3,(H,26,31). The lowest BCUT2D eigenvalue weighted by Gasteiger charge is -2.17. The largest absolute Gasteiger partial charge is 0.489 e. The van der Waals surface area contributed by atoms with Crippen LogP contribution in [0, 0.1) is 33.2 Å². The number of aromatic nitrogens is 2. The third kappa shape index (κ3) is 4.64. The molecular formula is C24H30N6O2. The number of carbonyl (C=O) groups excluding carboxylic acids is 1. The molecule has 168 valence electrons. The Labute approximate surface area is 188 Å². The molecule has 8 heteroatoms. The van der Waals surface area contributed by atoms with Crippen LogP contribution in [-0.4, -0.2) is 27.9 Å². The molecule has 0 saturated carbocycles. The van der Waals surface area contributed by atoms with Gasteiger partial charge in [0, 0.05) is 24.0 Å². The molecule has 0 aliphatic rings. The smallest absolute Gasteiger partial charge is 0.343 e. The van der Waals surface area contributed by atoms with Crippen LogP contribution in [0.5, 0.6) is 5.75 Å². The maximum atomic E-state index is 12.1. The van der Waals surface area contributed by atoms with E-state index in [2.05, 4.69) is 30.5 Å². The molecule has 0 atom stereocenters. The Morgan fingerprint density at radius 2 is 1.91 bits per heavy atom. The molecule has 0 radical (unpaired) electrons. The predicted molar refractivity (Wildman–Crippen MR) is 125 cm³/mol. The molecule has 3 aromatic rings. The summed E-state index contributed by atoms with van der Waals surface area (Å²) in [5, 5.41) is 11.5. The summed E-state index contributed by atoms with van der Waals surface area (Å²) in [6.07, 6.45) is 0.957. The molecule has 0 aliphatic heterocycles. The van der Waals surface area contributed by atoms with Gasteiger partial charge in [0.1, 0.15) is 12.4 Å². The molecule has 1 heterocycles. The van der Waals surface area contributed by atoms with Gasteiger partial charge in [-0.05, 0) is 75.1 Å². The summed E-state index contributed by atoms with van der Waals surface area (Å²) < 4.78 is 8.11. The number of urea groups is 1. The van der Waals surface area contributed by atoms with Gasteiger partial charge in [0.05, 0.1) is 11.4 Å². The average molecular weight is 435 g/mol. The summed E-state index contributed by atoms with van der Waals surface area (Å²) in [4.78, 5) is 12.1. The lowest BCUT2D eigenvalue weighted by Crippen LogP contribution is -2.27. The van der Waals surface area contributed by atoms with E-state index in [0.29, 0.717) is 12.3 Å². The van der Waals surface area contributed by atoms with Gasteiger partial charge >= 0.3 is 6.03 Å². The third-order valence-electron chi connectivity index (χ3n) is 5.67. The Bertz CT molecular complexity index is 1150. The molecule has 0 unspecified atom stereocenters. The van der Waals surface area contributed by atoms with E-state index in [-0.39, 0.29) is 0 Å². The van der Waals surface area contributed by atoms with Gasteiger partial charge in [0.15, 0.2) is 0 Å². The van der Waals surface area contributed by atoms with E-state index in [4.69, 9.17) is 15.4 Å². The highest BCUT2D eigenvalue weighted by Gasteiger charge is 2.15. The van der Waals surface area contributed by atoms with Gasteiger partial charge in [0.25, 0.3) is 0 Å². The maximum absolute atomic E-state index is 12.1. The third-order valence-corrected chi connectivity index (χ3v) is 5.67. The highest BCUT2D eigenvalue weighted by atomic mass is 16.5. The molecule has 0 spiro atoms. The second-order valence-electron chi connectivity index (χ2n) is 7.81. The molecule has 3 rings (SSSR count). The van der Waals surface area contributed by atoms with Gasteiger partial charge in [-0.1, -0.05) is 24.3 Å². The summed E-state index contributed by atoms with van der Waals surface area (Å²) >= 11 is 0. The monoisotopic (exact) mass is 434 g/mol. The summed E-state index contributed by atoms with van der Waals surface area (Å²) in [5.74, 6) is 0.768. The number of amides is 2. The number of hydrogen-bond donors (Lipinski definition) is 2. The Morgan fingerprint density at radius 3 is 2.53 bits per heavy atom. The van der Waals surface area contributed by atoms with Crippen LogP contribution in [0.25, 0.3) is 5.69 Å². The molecule has 0 aliphatic carbocycles. The summed E-state index contributed by atoms with van der Waals surface area (Å²) in [5.41, 5.74) is 15.0. The number of anilines is 1.